The largest absolute Gasteiger partial charge is 0.439 e. The maximum atomic E-state index is 6.27. The SMILES string of the molecule is CC(C)c1cnc(Oc2cccc(-c3ccc4c5ccccc5n(-c5ccccn5)c4c3)c2)cc1C(C)C. The molecule has 0 aliphatic rings. The van der Waals surface area contributed by atoms with E-state index in [2.05, 4.69) is 109 Å². The second kappa shape index (κ2) is 9.79. The first kappa shape index (κ1) is 23.9. The van der Waals surface area contributed by atoms with E-state index < -0.39 is 0 Å². The maximum absolute atomic E-state index is 6.27. The molecule has 3 heterocycles. The molecule has 0 spiro atoms. The van der Waals surface area contributed by atoms with Crippen LogP contribution in [0, 0.1) is 0 Å². The van der Waals surface area contributed by atoms with Crippen molar-refractivity contribution in [3.63, 3.8) is 0 Å². The van der Waals surface area contributed by atoms with Crippen molar-refractivity contribution in [2.24, 2.45) is 0 Å². The van der Waals surface area contributed by atoms with Gasteiger partial charge in [-0.05, 0) is 70.5 Å². The Morgan fingerprint density at radius 2 is 1.39 bits per heavy atom. The smallest absolute Gasteiger partial charge is 0.219 e. The monoisotopic (exact) mass is 497 g/mol. The van der Waals surface area contributed by atoms with Gasteiger partial charge in [-0.25, -0.2) is 9.97 Å². The summed E-state index contributed by atoms with van der Waals surface area (Å²) in [6, 6.07) is 31.5. The van der Waals surface area contributed by atoms with Crippen LogP contribution >= 0.6 is 0 Å². The first-order chi connectivity index (χ1) is 18.5. The number of nitrogens with zero attached hydrogens (tertiary/aromatic N) is 3. The van der Waals surface area contributed by atoms with E-state index in [1.807, 2.05) is 36.7 Å². The predicted molar refractivity (Wildman–Crippen MR) is 157 cm³/mol. The van der Waals surface area contributed by atoms with Gasteiger partial charge in [-0.3, -0.25) is 4.57 Å². The third-order valence-electron chi connectivity index (χ3n) is 7.13. The van der Waals surface area contributed by atoms with Crippen LogP contribution in [-0.2, 0) is 0 Å². The van der Waals surface area contributed by atoms with E-state index in [9.17, 15) is 0 Å². The maximum Gasteiger partial charge on any atom is 0.219 e. The number of benzene rings is 3. The molecule has 6 rings (SSSR count). The molecule has 0 fully saturated rings. The highest BCUT2D eigenvalue weighted by Gasteiger charge is 2.15. The van der Waals surface area contributed by atoms with Crippen molar-refractivity contribution < 1.29 is 4.74 Å². The van der Waals surface area contributed by atoms with Crippen molar-refractivity contribution in [3.05, 3.63) is 115 Å². The Balaban J connectivity index is 1.41. The molecule has 3 aromatic carbocycles. The van der Waals surface area contributed by atoms with E-state index in [0.29, 0.717) is 17.7 Å². The number of pyridine rings is 2. The number of hydrogen-bond acceptors (Lipinski definition) is 3. The Kier molecular flexibility index (Phi) is 6.16. The summed E-state index contributed by atoms with van der Waals surface area (Å²) in [7, 11) is 0. The third-order valence-corrected chi connectivity index (χ3v) is 7.13. The molecule has 0 saturated carbocycles. The fraction of sp³-hybridized carbons (Fsp3) is 0.176. The summed E-state index contributed by atoms with van der Waals surface area (Å²) in [5.41, 5.74) is 7.04. The molecule has 38 heavy (non-hydrogen) atoms. The summed E-state index contributed by atoms with van der Waals surface area (Å²) in [5, 5.41) is 2.42. The van der Waals surface area contributed by atoms with Crippen molar-refractivity contribution in [2.75, 3.05) is 0 Å². The zero-order valence-electron chi connectivity index (χ0n) is 22.2. The molecule has 4 nitrogen and oxygen atoms in total. The zero-order valence-corrected chi connectivity index (χ0v) is 22.2. The van der Waals surface area contributed by atoms with Gasteiger partial charge in [0.25, 0.3) is 0 Å². The van der Waals surface area contributed by atoms with Crippen LogP contribution in [0.3, 0.4) is 0 Å². The van der Waals surface area contributed by atoms with E-state index in [1.165, 1.54) is 21.9 Å². The summed E-state index contributed by atoms with van der Waals surface area (Å²) in [4.78, 5) is 9.28. The van der Waals surface area contributed by atoms with Gasteiger partial charge in [0, 0.05) is 29.2 Å². The molecule has 3 aromatic heterocycles. The normalized spacial score (nSPS) is 11.6. The molecule has 0 aliphatic carbocycles. The van der Waals surface area contributed by atoms with Crippen LogP contribution in [0.5, 0.6) is 11.6 Å². The van der Waals surface area contributed by atoms with Gasteiger partial charge in [0.2, 0.25) is 5.88 Å². The van der Waals surface area contributed by atoms with Crippen LogP contribution in [0.4, 0.5) is 0 Å². The molecule has 0 atom stereocenters. The van der Waals surface area contributed by atoms with Crippen LogP contribution in [0.2, 0.25) is 0 Å². The van der Waals surface area contributed by atoms with Gasteiger partial charge in [-0.2, -0.15) is 0 Å². The lowest BCUT2D eigenvalue weighted by Gasteiger charge is -2.17. The van der Waals surface area contributed by atoms with Crippen LogP contribution in [-0.4, -0.2) is 14.5 Å². The minimum absolute atomic E-state index is 0.404. The lowest BCUT2D eigenvalue weighted by atomic mass is 9.92. The Hall–Kier alpha value is -4.44. The van der Waals surface area contributed by atoms with Crippen LogP contribution in [0.1, 0.15) is 50.7 Å². The zero-order chi connectivity index (χ0) is 26.2. The molecule has 0 N–H and O–H groups in total. The van der Waals surface area contributed by atoms with Crippen LogP contribution in [0.25, 0.3) is 38.8 Å². The number of fused-ring (bicyclic) bond motifs is 3. The minimum atomic E-state index is 0.404. The molecule has 0 bridgehead atoms. The second-order valence-corrected chi connectivity index (χ2v) is 10.4. The van der Waals surface area contributed by atoms with Gasteiger partial charge >= 0.3 is 0 Å². The van der Waals surface area contributed by atoms with E-state index in [0.717, 1.165) is 33.7 Å². The summed E-state index contributed by atoms with van der Waals surface area (Å²) in [5.74, 6) is 3.13. The Labute approximate surface area is 223 Å². The van der Waals surface area contributed by atoms with E-state index in [1.54, 1.807) is 0 Å². The van der Waals surface area contributed by atoms with Gasteiger partial charge in [0.05, 0.1) is 11.0 Å². The lowest BCUT2D eigenvalue weighted by Crippen LogP contribution is -2.01. The molecule has 0 unspecified atom stereocenters. The summed E-state index contributed by atoms with van der Waals surface area (Å²) in [6.07, 6.45) is 3.80. The number of rotatable bonds is 6. The second-order valence-electron chi connectivity index (χ2n) is 10.4. The van der Waals surface area contributed by atoms with Crippen molar-refractivity contribution in [2.45, 2.75) is 39.5 Å². The van der Waals surface area contributed by atoms with Gasteiger partial charge in [0.15, 0.2) is 0 Å². The molecule has 0 saturated heterocycles. The number of aromatic nitrogens is 3. The van der Waals surface area contributed by atoms with E-state index in [4.69, 9.17) is 4.74 Å². The first-order valence-electron chi connectivity index (χ1n) is 13.2. The number of ether oxygens (including phenoxy) is 1. The summed E-state index contributed by atoms with van der Waals surface area (Å²) < 4.78 is 8.51. The highest BCUT2D eigenvalue weighted by molar-refractivity contribution is 6.10. The Morgan fingerprint density at radius 3 is 2.18 bits per heavy atom. The summed E-state index contributed by atoms with van der Waals surface area (Å²) >= 11 is 0. The number of para-hydroxylation sites is 1. The standard InChI is InChI=1S/C34H31N3O/c1-22(2)29-20-34(36-21-30(29)23(3)4)38-26-11-9-10-24(18-26)25-15-16-28-27-12-5-6-13-31(27)37(32(28)19-25)33-14-7-8-17-35-33/h5-23H,1-4H3. The lowest BCUT2D eigenvalue weighted by molar-refractivity contribution is 0.461. The van der Waals surface area contributed by atoms with Gasteiger partial charge in [-0.15, -0.1) is 0 Å². The van der Waals surface area contributed by atoms with E-state index >= 15 is 0 Å². The molecule has 6 aromatic rings. The fourth-order valence-corrected chi connectivity index (χ4v) is 5.24. The average molecular weight is 498 g/mol. The van der Waals surface area contributed by atoms with Gasteiger partial charge in [-0.1, -0.05) is 76.2 Å². The van der Waals surface area contributed by atoms with Crippen LogP contribution < -0.4 is 4.74 Å². The summed E-state index contributed by atoms with van der Waals surface area (Å²) in [6.45, 7) is 8.84. The Morgan fingerprint density at radius 1 is 0.632 bits per heavy atom. The topological polar surface area (TPSA) is 39.9 Å². The van der Waals surface area contributed by atoms with Gasteiger partial charge in [0.1, 0.15) is 11.6 Å². The first-order valence-corrected chi connectivity index (χ1v) is 13.2. The van der Waals surface area contributed by atoms with Crippen molar-refractivity contribution in [1.29, 1.82) is 0 Å². The van der Waals surface area contributed by atoms with Crippen molar-refractivity contribution in [1.82, 2.24) is 14.5 Å². The molecule has 0 radical (unpaired) electrons. The predicted octanol–water partition coefficient (Wildman–Crippen LogP) is 9.28. The molecular formula is C34H31N3O. The van der Waals surface area contributed by atoms with E-state index in [-0.39, 0.29) is 0 Å². The average Bonchev–Trinajstić information content (AvgIpc) is 3.27. The Bertz CT molecular complexity index is 1750. The highest BCUT2D eigenvalue weighted by atomic mass is 16.5. The van der Waals surface area contributed by atoms with Crippen LogP contribution in [0.15, 0.2) is 103 Å². The molecular weight excluding hydrogens is 466 g/mol. The molecule has 188 valence electrons. The minimum Gasteiger partial charge on any atom is -0.439 e. The van der Waals surface area contributed by atoms with Crippen molar-refractivity contribution >= 4 is 21.8 Å². The fourth-order valence-electron chi connectivity index (χ4n) is 5.24. The third kappa shape index (κ3) is 4.32. The van der Waals surface area contributed by atoms with Gasteiger partial charge < -0.3 is 4.74 Å². The van der Waals surface area contributed by atoms with Crippen molar-refractivity contribution in [3.8, 4) is 28.6 Å². The quantitative estimate of drug-likeness (QED) is 0.230. The highest BCUT2D eigenvalue weighted by Crippen LogP contribution is 2.36. The molecule has 0 amide bonds. The molecule has 0 aliphatic heterocycles. The number of hydrogen-bond donors (Lipinski definition) is 0. The molecule has 4 heteroatoms.